The number of benzene rings is 2. The molecule has 2 atom stereocenters. The highest BCUT2D eigenvalue weighted by molar-refractivity contribution is 5.86. The molecule has 158 valence electrons. The number of fused-ring (bicyclic) bond motifs is 3. The molecule has 2 aliphatic heterocycles. The molecule has 1 aliphatic carbocycles. The molecule has 2 saturated heterocycles. The van der Waals surface area contributed by atoms with Crippen LogP contribution in [0, 0.1) is 5.82 Å². The lowest BCUT2D eigenvalue weighted by Crippen LogP contribution is -2.47. The molecule has 2 unspecified atom stereocenters. The second-order valence-electron chi connectivity index (χ2n) is 8.59. The molecule has 0 aromatic heterocycles. The zero-order valence-electron chi connectivity index (χ0n) is 17.2. The number of piperazine rings is 1. The molecular formula is C24H29FN4O. The van der Waals surface area contributed by atoms with Crippen LogP contribution < -0.4 is 10.2 Å². The molecule has 0 saturated carbocycles. The summed E-state index contributed by atoms with van der Waals surface area (Å²) in [5.74, 6) is 1.82. The van der Waals surface area contributed by atoms with Gasteiger partial charge in [0.1, 0.15) is 11.6 Å². The molecule has 2 fully saturated rings. The molecule has 5 nitrogen and oxygen atoms in total. The van der Waals surface area contributed by atoms with Gasteiger partial charge in [-0.2, -0.15) is 0 Å². The molecule has 5 rings (SSSR count). The number of hydrogen-bond donors (Lipinski definition) is 2. The number of aliphatic imine (C=N–C) groups is 1. The zero-order valence-corrected chi connectivity index (χ0v) is 17.2. The standard InChI is InChI=1S/C24H29FN4O/c25-21-3-1-2-4-23(21)29-13-11-28(12-14-29)10-9-26-24-16-20-19-7-6-18(30)15-17(19)5-8-22(20)27-24/h1-4,6-7,15,20,22,30H,5,8-14,16H2,(H,26,27). The third kappa shape index (κ3) is 3.88. The van der Waals surface area contributed by atoms with Gasteiger partial charge in [0.2, 0.25) is 0 Å². The number of amidine groups is 1. The Kier molecular flexibility index (Phi) is 5.34. The van der Waals surface area contributed by atoms with Crippen molar-refractivity contribution in [2.75, 3.05) is 44.2 Å². The van der Waals surface area contributed by atoms with Crippen LogP contribution in [0.5, 0.6) is 5.75 Å². The summed E-state index contributed by atoms with van der Waals surface area (Å²) < 4.78 is 14.0. The average molecular weight is 409 g/mol. The minimum Gasteiger partial charge on any atom is -0.508 e. The topological polar surface area (TPSA) is 51.1 Å². The van der Waals surface area contributed by atoms with Crippen molar-refractivity contribution in [1.29, 1.82) is 0 Å². The fourth-order valence-electron chi connectivity index (χ4n) is 5.16. The molecule has 0 bridgehead atoms. The van der Waals surface area contributed by atoms with E-state index in [1.54, 1.807) is 12.1 Å². The Balaban J connectivity index is 1.13. The van der Waals surface area contributed by atoms with Gasteiger partial charge in [-0.3, -0.25) is 9.89 Å². The highest BCUT2D eigenvalue weighted by atomic mass is 19.1. The van der Waals surface area contributed by atoms with E-state index in [0.717, 1.165) is 64.4 Å². The second kappa shape index (κ2) is 8.26. The van der Waals surface area contributed by atoms with Gasteiger partial charge in [-0.1, -0.05) is 18.2 Å². The number of aromatic hydroxyl groups is 1. The maximum Gasteiger partial charge on any atom is 0.146 e. The average Bonchev–Trinajstić information content (AvgIpc) is 3.18. The van der Waals surface area contributed by atoms with E-state index < -0.39 is 0 Å². The minimum absolute atomic E-state index is 0.136. The fraction of sp³-hybridized carbons (Fsp3) is 0.458. The van der Waals surface area contributed by atoms with E-state index in [9.17, 15) is 9.50 Å². The first kappa shape index (κ1) is 19.4. The summed E-state index contributed by atoms with van der Waals surface area (Å²) in [5.41, 5.74) is 3.36. The summed E-state index contributed by atoms with van der Waals surface area (Å²) in [6.07, 6.45) is 3.07. The van der Waals surface area contributed by atoms with E-state index in [-0.39, 0.29) is 5.82 Å². The largest absolute Gasteiger partial charge is 0.508 e. The molecular weight excluding hydrogens is 379 g/mol. The van der Waals surface area contributed by atoms with Crippen molar-refractivity contribution in [3.63, 3.8) is 0 Å². The monoisotopic (exact) mass is 408 g/mol. The van der Waals surface area contributed by atoms with Gasteiger partial charge in [0.25, 0.3) is 0 Å². The Hall–Kier alpha value is -2.60. The number of para-hydroxylation sites is 1. The lowest BCUT2D eigenvalue weighted by atomic mass is 9.80. The van der Waals surface area contributed by atoms with Crippen LogP contribution in [0.25, 0.3) is 0 Å². The van der Waals surface area contributed by atoms with Gasteiger partial charge in [-0.15, -0.1) is 0 Å². The van der Waals surface area contributed by atoms with Crippen LogP contribution in [0.15, 0.2) is 47.5 Å². The molecule has 0 spiro atoms. The highest BCUT2D eigenvalue weighted by Gasteiger charge is 2.36. The zero-order chi connectivity index (χ0) is 20.5. The van der Waals surface area contributed by atoms with Gasteiger partial charge in [0.05, 0.1) is 18.1 Å². The summed E-state index contributed by atoms with van der Waals surface area (Å²) in [4.78, 5) is 9.42. The predicted octanol–water partition coefficient (Wildman–Crippen LogP) is 3.14. The summed E-state index contributed by atoms with van der Waals surface area (Å²) in [6, 6.07) is 13.3. The van der Waals surface area contributed by atoms with Crippen LogP contribution in [0.1, 0.15) is 29.9 Å². The summed E-state index contributed by atoms with van der Waals surface area (Å²) in [5, 5.41) is 13.4. The molecule has 30 heavy (non-hydrogen) atoms. The van der Waals surface area contributed by atoms with Gasteiger partial charge in [-0.25, -0.2) is 4.39 Å². The van der Waals surface area contributed by atoms with Gasteiger partial charge in [0, 0.05) is 51.1 Å². The third-order valence-electron chi connectivity index (χ3n) is 6.79. The van der Waals surface area contributed by atoms with Crippen LogP contribution in [0.2, 0.25) is 0 Å². The van der Waals surface area contributed by atoms with Crippen molar-refractivity contribution in [3.05, 3.63) is 59.4 Å². The van der Waals surface area contributed by atoms with Crippen LogP contribution in [0.4, 0.5) is 10.1 Å². The lowest BCUT2D eigenvalue weighted by Gasteiger charge is -2.36. The summed E-state index contributed by atoms with van der Waals surface area (Å²) >= 11 is 0. The summed E-state index contributed by atoms with van der Waals surface area (Å²) in [7, 11) is 0. The van der Waals surface area contributed by atoms with E-state index in [4.69, 9.17) is 4.99 Å². The Morgan fingerprint density at radius 1 is 1.10 bits per heavy atom. The maximum absolute atomic E-state index is 14.0. The molecule has 2 aromatic rings. The van der Waals surface area contributed by atoms with Gasteiger partial charge < -0.3 is 15.3 Å². The van der Waals surface area contributed by atoms with Crippen molar-refractivity contribution >= 4 is 11.5 Å². The third-order valence-corrected chi connectivity index (χ3v) is 6.79. The number of anilines is 1. The highest BCUT2D eigenvalue weighted by Crippen LogP contribution is 2.39. The van der Waals surface area contributed by atoms with E-state index in [1.807, 2.05) is 18.2 Å². The molecule has 3 aliphatic rings. The van der Waals surface area contributed by atoms with Crippen LogP contribution in [-0.2, 0) is 6.42 Å². The number of halogens is 1. The Labute approximate surface area is 177 Å². The predicted molar refractivity (Wildman–Crippen MR) is 118 cm³/mol. The van der Waals surface area contributed by atoms with Crippen molar-refractivity contribution in [2.24, 2.45) is 4.99 Å². The molecule has 2 N–H and O–H groups in total. The van der Waals surface area contributed by atoms with Crippen LogP contribution in [0.3, 0.4) is 0 Å². The summed E-state index contributed by atoms with van der Waals surface area (Å²) in [6.45, 7) is 5.32. The smallest absolute Gasteiger partial charge is 0.146 e. The molecule has 2 heterocycles. The van der Waals surface area contributed by atoms with E-state index in [2.05, 4.69) is 21.2 Å². The number of nitrogens with zero attached hydrogens (tertiary/aromatic N) is 3. The van der Waals surface area contributed by atoms with Gasteiger partial charge >= 0.3 is 0 Å². The van der Waals surface area contributed by atoms with E-state index >= 15 is 0 Å². The van der Waals surface area contributed by atoms with Crippen molar-refractivity contribution in [3.8, 4) is 5.75 Å². The number of phenols is 1. The Morgan fingerprint density at radius 2 is 1.93 bits per heavy atom. The quantitative estimate of drug-likeness (QED) is 0.816. The van der Waals surface area contributed by atoms with Crippen molar-refractivity contribution in [1.82, 2.24) is 10.2 Å². The molecule has 2 aromatic carbocycles. The van der Waals surface area contributed by atoms with Gasteiger partial charge in [0.15, 0.2) is 0 Å². The maximum atomic E-state index is 14.0. The number of rotatable bonds is 4. The van der Waals surface area contributed by atoms with E-state index in [1.165, 1.54) is 17.2 Å². The first-order valence-electron chi connectivity index (χ1n) is 11.0. The van der Waals surface area contributed by atoms with Crippen LogP contribution >= 0.6 is 0 Å². The Morgan fingerprint density at radius 3 is 2.77 bits per heavy atom. The fourth-order valence-corrected chi connectivity index (χ4v) is 5.16. The molecule has 0 amide bonds. The van der Waals surface area contributed by atoms with E-state index in [0.29, 0.717) is 23.4 Å². The SMILES string of the molecule is Oc1ccc2c(c1)CCC1NC(=NCCN3CCN(c4ccccc4F)CC3)CC21. The van der Waals surface area contributed by atoms with Crippen molar-refractivity contribution in [2.45, 2.75) is 31.2 Å². The normalized spacial score (nSPS) is 25.1. The Bertz CT molecular complexity index is 939. The number of hydrogen-bond acceptors (Lipinski definition) is 4. The second-order valence-corrected chi connectivity index (χ2v) is 8.59. The number of phenolic OH excluding ortho intramolecular Hbond substituents is 1. The van der Waals surface area contributed by atoms with Crippen molar-refractivity contribution < 1.29 is 9.50 Å². The first-order valence-corrected chi connectivity index (χ1v) is 11.0. The number of nitrogens with one attached hydrogen (secondary N) is 1. The number of aryl methyl sites for hydroxylation is 1. The minimum atomic E-state index is -0.136. The molecule has 6 heteroatoms. The first-order chi connectivity index (χ1) is 14.7. The van der Waals surface area contributed by atoms with Gasteiger partial charge in [-0.05, 0) is 48.2 Å². The van der Waals surface area contributed by atoms with Crippen LogP contribution in [-0.4, -0.2) is 61.2 Å². The lowest BCUT2D eigenvalue weighted by molar-refractivity contribution is 0.264. The molecule has 0 radical (unpaired) electrons.